The lowest BCUT2D eigenvalue weighted by atomic mass is 9.92. The molecule has 0 aliphatic heterocycles. The minimum absolute atomic E-state index is 0. The van der Waals surface area contributed by atoms with Crippen molar-refractivity contribution in [1.29, 1.82) is 0 Å². The van der Waals surface area contributed by atoms with Crippen LogP contribution in [0.15, 0.2) is 73.3 Å². The molecule has 0 saturated heterocycles. The van der Waals surface area contributed by atoms with Gasteiger partial charge in [0.2, 0.25) is 0 Å². The summed E-state index contributed by atoms with van der Waals surface area (Å²) in [5, 5.41) is 0. The highest BCUT2D eigenvalue weighted by molar-refractivity contribution is 5.75. The van der Waals surface area contributed by atoms with E-state index in [1.165, 1.54) is 11.1 Å². The van der Waals surface area contributed by atoms with E-state index in [4.69, 9.17) is 0 Å². The Balaban J connectivity index is 0.00000128. The molecule has 2 aromatic carbocycles. The van der Waals surface area contributed by atoms with Crippen LogP contribution in [0.3, 0.4) is 0 Å². The van der Waals surface area contributed by atoms with E-state index >= 15 is 0 Å². The van der Waals surface area contributed by atoms with E-state index in [-0.39, 0.29) is 11.0 Å². The maximum atomic E-state index is 3.91. The van der Waals surface area contributed by atoms with E-state index in [2.05, 4.69) is 55.1 Å². The van der Waals surface area contributed by atoms with Crippen molar-refractivity contribution in [1.82, 2.24) is 0 Å². The van der Waals surface area contributed by atoms with Crippen LogP contribution in [0.4, 0.5) is 0 Å². The molecule has 0 heterocycles. The molecule has 0 unspecified atom stereocenters. The molecule has 1 heteroatoms. The van der Waals surface area contributed by atoms with Crippen molar-refractivity contribution >= 4 is 11.0 Å². The highest BCUT2D eigenvalue weighted by atomic mass is 28.1. The van der Waals surface area contributed by atoms with Gasteiger partial charge >= 0.3 is 0 Å². The summed E-state index contributed by atoms with van der Waals surface area (Å²) >= 11 is 0. The summed E-state index contributed by atoms with van der Waals surface area (Å²) < 4.78 is 0. The molecule has 0 nitrogen and oxygen atoms in total. The Bertz CT molecular complexity index is 380. The predicted octanol–water partition coefficient (Wildman–Crippen LogP) is 2.55. The fraction of sp³-hybridized carbons (Fsp3) is 0.0667. The number of benzene rings is 2. The Morgan fingerprint density at radius 1 is 0.750 bits per heavy atom. The van der Waals surface area contributed by atoms with Crippen molar-refractivity contribution in [2.24, 2.45) is 0 Å². The maximum absolute atomic E-state index is 3.91. The molecule has 0 atom stereocenters. The Labute approximate surface area is 102 Å². The van der Waals surface area contributed by atoms with Gasteiger partial charge in [0.25, 0.3) is 0 Å². The number of hydrogen-bond donors (Lipinski definition) is 0. The standard InChI is InChI=1S/C15H14.H4Si/c1-2-15(13-9-5-3-6-10-13)14-11-7-4-8-12-14;/h2-12,15H,1H2;1H4. The fourth-order valence-corrected chi connectivity index (χ4v) is 1.79. The van der Waals surface area contributed by atoms with Gasteiger partial charge in [-0.2, -0.15) is 0 Å². The van der Waals surface area contributed by atoms with Gasteiger partial charge in [-0.1, -0.05) is 66.7 Å². The van der Waals surface area contributed by atoms with Gasteiger partial charge in [0.15, 0.2) is 0 Å². The fourth-order valence-electron chi connectivity index (χ4n) is 1.79. The average molecular weight is 226 g/mol. The quantitative estimate of drug-likeness (QED) is 0.557. The third-order valence-electron chi connectivity index (χ3n) is 2.55. The van der Waals surface area contributed by atoms with Crippen molar-refractivity contribution in [3.63, 3.8) is 0 Å². The lowest BCUT2D eigenvalue weighted by molar-refractivity contribution is 1.03. The average Bonchev–Trinajstić information content (AvgIpc) is 2.33. The summed E-state index contributed by atoms with van der Waals surface area (Å²) in [4.78, 5) is 0. The molecule has 2 aromatic rings. The predicted molar refractivity (Wildman–Crippen MR) is 76.3 cm³/mol. The topological polar surface area (TPSA) is 0 Å². The van der Waals surface area contributed by atoms with Crippen molar-refractivity contribution < 1.29 is 0 Å². The van der Waals surface area contributed by atoms with E-state index in [1.54, 1.807) is 0 Å². The van der Waals surface area contributed by atoms with Crippen molar-refractivity contribution in [2.75, 3.05) is 0 Å². The third-order valence-corrected chi connectivity index (χ3v) is 2.55. The van der Waals surface area contributed by atoms with Gasteiger partial charge in [-0.05, 0) is 22.1 Å². The van der Waals surface area contributed by atoms with Gasteiger partial charge in [-0.25, -0.2) is 0 Å². The number of rotatable bonds is 3. The van der Waals surface area contributed by atoms with Crippen LogP contribution in [-0.4, -0.2) is 11.0 Å². The van der Waals surface area contributed by atoms with Crippen molar-refractivity contribution in [3.8, 4) is 0 Å². The van der Waals surface area contributed by atoms with Crippen LogP contribution in [0.2, 0.25) is 0 Å². The van der Waals surface area contributed by atoms with Gasteiger partial charge in [0.1, 0.15) is 0 Å². The van der Waals surface area contributed by atoms with Gasteiger partial charge < -0.3 is 0 Å². The molecule has 0 saturated carbocycles. The Hall–Kier alpha value is -1.60. The van der Waals surface area contributed by atoms with E-state index in [0.717, 1.165) is 0 Å². The van der Waals surface area contributed by atoms with Crippen LogP contribution in [0.5, 0.6) is 0 Å². The zero-order chi connectivity index (χ0) is 10.5. The Morgan fingerprint density at radius 2 is 1.12 bits per heavy atom. The first-order valence-electron chi connectivity index (χ1n) is 5.14. The minimum atomic E-state index is 0. The molecule has 16 heavy (non-hydrogen) atoms. The van der Waals surface area contributed by atoms with Crippen LogP contribution >= 0.6 is 0 Å². The Kier molecular flexibility index (Phi) is 4.74. The molecule has 0 spiro atoms. The SMILES string of the molecule is C=CC(c1ccccc1)c1ccccc1.[SiH4]. The molecule has 0 fully saturated rings. The lowest BCUT2D eigenvalue weighted by Crippen LogP contribution is -1.96. The first kappa shape index (κ1) is 12.5. The molecule has 0 radical (unpaired) electrons. The van der Waals surface area contributed by atoms with Crippen molar-refractivity contribution in [3.05, 3.63) is 84.4 Å². The first-order valence-corrected chi connectivity index (χ1v) is 5.14. The highest BCUT2D eigenvalue weighted by Crippen LogP contribution is 2.24. The molecule has 0 bridgehead atoms. The molecule has 0 aromatic heterocycles. The summed E-state index contributed by atoms with van der Waals surface area (Å²) in [6.45, 7) is 3.91. The van der Waals surface area contributed by atoms with Gasteiger partial charge in [-0.3, -0.25) is 0 Å². The third kappa shape index (κ3) is 2.71. The molecule has 0 aliphatic rings. The molecule has 0 amide bonds. The van der Waals surface area contributed by atoms with Gasteiger partial charge in [0.05, 0.1) is 0 Å². The zero-order valence-corrected chi connectivity index (χ0v) is 8.64. The second-order valence-corrected chi connectivity index (χ2v) is 3.53. The van der Waals surface area contributed by atoms with E-state index in [9.17, 15) is 0 Å². The summed E-state index contributed by atoms with van der Waals surface area (Å²) in [6, 6.07) is 20.9. The number of hydrogen-bond acceptors (Lipinski definition) is 0. The summed E-state index contributed by atoms with van der Waals surface area (Å²) in [5.74, 6) is 0.299. The minimum Gasteiger partial charge on any atom is -0.102 e. The monoisotopic (exact) mass is 226 g/mol. The van der Waals surface area contributed by atoms with Crippen LogP contribution in [0.25, 0.3) is 0 Å². The molecular weight excluding hydrogens is 208 g/mol. The van der Waals surface area contributed by atoms with Crippen LogP contribution in [0, 0.1) is 0 Å². The smallest absolute Gasteiger partial charge is 0.0266 e. The second kappa shape index (κ2) is 6.08. The summed E-state index contributed by atoms with van der Waals surface area (Å²) in [5.41, 5.74) is 2.58. The molecule has 0 N–H and O–H groups in total. The normalized spacial score (nSPS) is 9.56. The van der Waals surface area contributed by atoms with Gasteiger partial charge in [-0.15, -0.1) is 6.58 Å². The second-order valence-electron chi connectivity index (χ2n) is 3.53. The molecule has 0 aliphatic carbocycles. The van der Waals surface area contributed by atoms with E-state index < -0.39 is 0 Å². The summed E-state index contributed by atoms with van der Waals surface area (Å²) in [6.07, 6.45) is 1.99. The number of allylic oxidation sites excluding steroid dienone is 1. The molecular formula is C15H18Si. The lowest BCUT2D eigenvalue weighted by Gasteiger charge is -2.12. The van der Waals surface area contributed by atoms with Gasteiger partial charge in [0, 0.05) is 5.92 Å². The highest BCUT2D eigenvalue weighted by Gasteiger charge is 2.08. The van der Waals surface area contributed by atoms with E-state index in [1.807, 2.05) is 18.2 Å². The van der Waals surface area contributed by atoms with Crippen LogP contribution in [-0.2, 0) is 0 Å². The largest absolute Gasteiger partial charge is 0.102 e. The first-order chi connectivity index (χ1) is 7.42. The van der Waals surface area contributed by atoms with Crippen molar-refractivity contribution in [2.45, 2.75) is 5.92 Å². The maximum Gasteiger partial charge on any atom is 0.0266 e. The molecule has 82 valence electrons. The summed E-state index contributed by atoms with van der Waals surface area (Å²) in [7, 11) is 0. The van der Waals surface area contributed by atoms with Crippen LogP contribution < -0.4 is 0 Å². The van der Waals surface area contributed by atoms with Crippen LogP contribution in [0.1, 0.15) is 17.0 Å². The van der Waals surface area contributed by atoms with E-state index in [0.29, 0.717) is 5.92 Å². The Morgan fingerprint density at radius 3 is 1.44 bits per heavy atom. The molecule has 2 rings (SSSR count). The zero-order valence-electron chi connectivity index (χ0n) is 8.64.